The van der Waals surface area contributed by atoms with Crippen molar-refractivity contribution in [3.8, 4) is 0 Å². The van der Waals surface area contributed by atoms with E-state index in [9.17, 15) is 18.0 Å². The Morgan fingerprint density at radius 3 is 2.52 bits per heavy atom. The van der Waals surface area contributed by atoms with Crippen LogP contribution in [0, 0.1) is 5.92 Å². The number of nitrogens with two attached hydrogens (primary N) is 1. The van der Waals surface area contributed by atoms with Gasteiger partial charge < -0.3 is 5.73 Å². The molecule has 140 valence electrons. The van der Waals surface area contributed by atoms with E-state index in [0.717, 1.165) is 6.20 Å². The monoisotopic (exact) mass is 391 g/mol. The van der Waals surface area contributed by atoms with E-state index in [1.165, 1.54) is 17.4 Å². The van der Waals surface area contributed by atoms with Gasteiger partial charge in [-0.2, -0.15) is 0 Å². The summed E-state index contributed by atoms with van der Waals surface area (Å²) in [5.41, 5.74) is 4.59. The number of hydrogen-bond donors (Lipinski definition) is 3. The molecule has 0 fully saturated rings. The molecule has 0 aromatic carbocycles. The Morgan fingerprint density at radius 2 is 1.92 bits per heavy atom. The summed E-state index contributed by atoms with van der Waals surface area (Å²) in [6.45, 7) is 4.20. The molecule has 9 nitrogen and oxygen atoms in total. The summed E-state index contributed by atoms with van der Waals surface area (Å²) >= 11 is 0. The van der Waals surface area contributed by atoms with E-state index >= 15 is 0 Å². The lowest BCUT2D eigenvalue weighted by Crippen LogP contribution is -2.34. The van der Waals surface area contributed by atoms with Crippen LogP contribution in [0.2, 0.25) is 0 Å². The molecule has 0 aliphatic heterocycles. The maximum atomic E-state index is 12.6. The zero-order valence-corrected chi connectivity index (χ0v) is 15.8. The van der Waals surface area contributed by atoms with Gasteiger partial charge in [-0.1, -0.05) is 13.8 Å². The van der Waals surface area contributed by atoms with Crippen LogP contribution >= 0.6 is 12.4 Å². The number of sulfonamides is 1. The Hall–Kier alpha value is -1.75. The number of aromatic amines is 2. The van der Waals surface area contributed by atoms with Crippen molar-refractivity contribution >= 4 is 33.5 Å². The number of H-pyrrole nitrogens is 2. The van der Waals surface area contributed by atoms with Gasteiger partial charge in [0, 0.05) is 25.8 Å². The largest absolute Gasteiger partial charge is 0.327 e. The first-order valence-electron chi connectivity index (χ1n) is 7.47. The predicted molar refractivity (Wildman–Crippen MR) is 97.5 cm³/mol. The highest BCUT2D eigenvalue weighted by molar-refractivity contribution is 7.89. The minimum absolute atomic E-state index is 0. The molecule has 1 atom stereocenters. The minimum Gasteiger partial charge on any atom is -0.327 e. The maximum Gasteiger partial charge on any atom is 0.327 e. The third-order valence-electron chi connectivity index (χ3n) is 3.91. The first-order chi connectivity index (χ1) is 11.1. The SMILES string of the molecule is CC(C)C(N)CCN(C)S(=O)(=O)c1cnc2[nH]c(=O)[nH]c(=O)c2c1.Cl. The summed E-state index contributed by atoms with van der Waals surface area (Å²) in [5, 5.41) is 0.00274. The minimum atomic E-state index is -3.81. The van der Waals surface area contributed by atoms with E-state index in [1.807, 2.05) is 18.8 Å². The molecular formula is C14H22ClN5O4S. The second-order valence-electron chi connectivity index (χ2n) is 6.00. The maximum absolute atomic E-state index is 12.6. The van der Waals surface area contributed by atoms with Crippen molar-refractivity contribution in [1.82, 2.24) is 19.3 Å². The quantitative estimate of drug-likeness (QED) is 0.633. The van der Waals surface area contributed by atoms with Crippen LogP contribution in [0.3, 0.4) is 0 Å². The van der Waals surface area contributed by atoms with E-state index in [0.29, 0.717) is 6.42 Å². The van der Waals surface area contributed by atoms with Crippen molar-refractivity contribution in [2.75, 3.05) is 13.6 Å². The molecule has 1 unspecified atom stereocenters. The zero-order chi connectivity index (χ0) is 18.1. The van der Waals surface area contributed by atoms with Crippen molar-refractivity contribution < 1.29 is 8.42 Å². The van der Waals surface area contributed by atoms with Gasteiger partial charge >= 0.3 is 5.69 Å². The topological polar surface area (TPSA) is 142 Å². The fourth-order valence-corrected chi connectivity index (χ4v) is 3.29. The molecule has 0 aliphatic carbocycles. The molecule has 2 rings (SSSR count). The second-order valence-corrected chi connectivity index (χ2v) is 8.04. The standard InChI is InChI=1S/C14H21N5O4S.ClH/c1-8(2)11(15)4-5-19(3)24(22,23)9-6-10-12(16-7-9)17-14(21)18-13(10)20;/h6-8,11H,4-5,15H2,1-3H3,(H2,16,17,18,20,21);1H. The number of fused-ring (bicyclic) bond motifs is 1. The van der Waals surface area contributed by atoms with Gasteiger partial charge in [-0.05, 0) is 18.4 Å². The van der Waals surface area contributed by atoms with Gasteiger partial charge in [0.05, 0.1) is 5.39 Å². The Balaban J connectivity index is 0.00000312. The van der Waals surface area contributed by atoms with Gasteiger partial charge in [-0.15, -0.1) is 12.4 Å². The van der Waals surface area contributed by atoms with E-state index in [2.05, 4.69) is 9.97 Å². The number of pyridine rings is 1. The summed E-state index contributed by atoms with van der Waals surface area (Å²) in [6.07, 6.45) is 1.63. The summed E-state index contributed by atoms with van der Waals surface area (Å²) in [5.74, 6) is 0.249. The van der Waals surface area contributed by atoms with Crippen LogP contribution in [0.15, 0.2) is 26.7 Å². The number of rotatable bonds is 6. The van der Waals surface area contributed by atoms with Gasteiger partial charge in [0.25, 0.3) is 5.56 Å². The van der Waals surface area contributed by atoms with E-state index in [-0.39, 0.29) is 46.8 Å². The van der Waals surface area contributed by atoms with Crippen molar-refractivity contribution in [3.63, 3.8) is 0 Å². The molecule has 0 bridgehead atoms. The number of halogens is 1. The van der Waals surface area contributed by atoms with Crippen LogP contribution in [-0.2, 0) is 10.0 Å². The van der Waals surface area contributed by atoms with E-state index < -0.39 is 21.3 Å². The lowest BCUT2D eigenvalue weighted by atomic mass is 10.0. The average molecular weight is 392 g/mol. The fourth-order valence-electron chi connectivity index (χ4n) is 2.13. The van der Waals surface area contributed by atoms with Gasteiger partial charge in [-0.3, -0.25) is 14.8 Å². The number of aromatic nitrogens is 3. The molecule has 0 saturated carbocycles. The van der Waals surface area contributed by atoms with Crippen LogP contribution in [0.4, 0.5) is 0 Å². The first kappa shape index (κ1) is 21.3. The average Bonchev–Trinajstić information content (AvgIpc) is 2.51. The molecule has 0 spiro atoms. The van der Waals surface area contributed by atoms with Crippen molar-refractivity contribution in [2.45, 2.75) is 31.2 Å². The summed E-state index contributed by atoms with van der Waals surface area (Å²) < 4.78 is 26.4. The lowest BCUT2D eigenvalue weighted by molar-refractivity contribution is 0.397. The molecule has 2 aromatic rings. The fraction of sp³-hybridized carbons (Fsp3) is 0.500. The number of nitrogens with one attached hydrogen (secondary N) is 2. The van der Waals surface area contributed by atoms with Crippen molar-refractivity contribution in [1.29, 1.82) is 0 Å². The first-order valence-corrected chi connectivity index (χ1v) is 8.91. The molecule has 4 N–H and O–H groups in total. The van der Waals surface area contributed by atoms with Crippen LogP contribution in [0.5, 0.6) is 0 Å². The third kappa shape index (κ3) is 4.66. The zero-order valence-electron chi connectivity index (χ0n) is 14.1. The lowest BCUT2D eigenvalue weighted by Gasteiger charge is -2.21. The molecule has 2 heterocycles. The summed E-state index contributed by atoms with van der Waals surface area (Å²) in [7, 11) is -2.36. The summed E-state index contributed by atoms with van der Waals surface area (Å²) in [4.78, 5) is 31.1. The molecule has 11 heteroatoms. The summed E-state index contributed by atoms with van der Waals surface area (Å²) in [6, 6.07) is 1.09. The van der Waals surface area contributed by atoms with Crippen LogP contribution in [-0.4, -0.2) is 47.3 Å². The van der Waals surface area contributed by atoms with Gasteiger partial charge in [0.1, 0.15) is 10.5 Å². The third-order valence-corrected chi connectivity index (χ3v) is 5.73. The Labute approximate surface area is 151 Å². The molecule has 2 aromatic heterocycles. The molecule has 25 heavy (non-hydrogen) atoms. The van der Waals surface area contributed by atoms with Crippen molar-refractivity contribution in [3.05, 3.63) is 33.1 Å². The predicted octanol–water partition coefficient (Wildman–Crippen LogP) is 0.0271. The smallest absolute Gasteiger partial charge is 0.327 e. The van der Waals surface area contributed by atoms with Crippen LogP contribution in [0.25, 0.3) is 11.0 Å². The number of hydrogen-bond acceptors (Lipinski definition) is 6. The Morgan fingerprint density at radius 1 is 1.28 bits per heavy atom. The molecule has 0 aliphatic rings. The molecule has 0 radical (unpaired) electrons. The van der Waals surface area contributed by atoms with Gasteiger partial charge in [0.2, 0.25) is 10.0 Å². The Kier molecular flexibility index (Phi) is 6.89. The van der Waals surface area contributed by atoms with Crippen molar-refractivity contribution in [2.24, 2.45) is 11.7 Å². The van der Waals surface area contributed by atoms with Gasteiger partial charge in [-0.25, -0.2) is 22.5 Å². The van der Waals surface area contributed by atoms with E-state index in [4.69, 9.17) is 5.73 Å². The van der Waals surface area contributed by atoms with Crippen LogP contribution < -0.4 is 17.0 Å². The highest BCUT2D eigenvalue weighted by Gasteiger charge is 2.23. The van der Waals surface area contributed by atoms with Crippen LogP contribution in [0.1, 0.15) is 20.3 Å². The van der Waals surface area contributed by atoms with E-state index in [1.54, 1.807) is 0 Å². The molecular weight excluding hydrogens is 370 g/mol. The van der Waals surface area contributed by atoms with Gasteiger partial charge in [0.15, 0.2) is 0 Å². The highest BCUT2D eigenvalue weighted by Crippen LogP contribution is 2.16. The highest BCUT2D eigenvalue weighted by atomic mass is 35.5. The second kappa shape index (κ2) is 8.09. The number of nitrogens with zero attached hydrogens (tertiary/aromatic N) is 2. The molecule has 0 amide bonds. The Bertz CT molecular complexity index is 954. The molecule has 0 saturated heterocycles. The normalized spacial score (nSPS) is 13.2.